The van der Waals surface area contributed by atoms with E-state index in [0.717, 1.165) is 5.56 Å². The fraction of sp³-hybridized carbons (Fsp3) is 0.0714. The summed E-state index contributed by atoms with van der Waals surface area (Å²) < 4.78 is 13.6. The molecule has 0 amide bonds. The van der Waals surface area contributed by atoms with E-state index < -0.39 is 0 Å². The van der Waals surface area contributed by atoms with Gasteiger partial charge >= 0.3 is 0 Å². The molecule has 100 valence electrons. The molecule has 0 spiro atoms. The SMILES string of the molecule is O=c1[nH]nc(Cc2ccc(F)c(Br)c2)c2ncccc12. The number of nitrogens with one attached hydrogen (secondary N) is 1. The summed E-state index contributed by atoms with van der Waals surface area (Å²) >= 11 is 3.15. The number of rotatable bonds is 2. The van der Waals surface area contributed by atoms with Crippen LogP contribution in [0.15, 0.2) is 45.8 Å². The number of fused-ring (bicyclic) bond motifs is 1. The number of nitrogens with zero attached hydrogens (tertiary/aromatic N) is 2. The first-order valence-corrected chi connectivity index (χ1v) is 6.70. The topological polar surface area (TPSA) is 58.6 Å². The van der Waals surface area contributed by atoms with Crippen LogP contribution in [-0.4, -0.2) is 15.2 Å². The van der Waals surface area contributed by atoms with Crippen molar-refractivity contribution in [3.05, 3.63) is 68.4 Å². The maximum Gasteiger partial charge on any atom is 0.273 e. The fourth-order valence-corrected chi connectivity index (χ4v) is 2.44. The standard InChI is InChI=1S/C14H9BrFN3O/c15-10-6-8(3-4-11(10)16)7-12-13-9(2-1-5-17-13)14(20)19-18-12/h1-6H,7H2,(H,19,20). The predicted molar refractivity (Wildman–Crippen MR) is 77.1 cm³/mol. The highest BCUT2D eigenvalue weighted by atomic mass is 79.9. The number of hydrogen-bond acceptors (Lipinski definition) is 3. The van der Waals surface area contributed by atoms with Crippen LogP contribution in [0.2, 0.25) is 0 Å². The quantitative estimate of drug-likeness (QED) is 0.784. The van der Waals surface area contributed by atoms with Crippen molar-refractivity contribution >= 4 is 26.8 Å². The molecule has 0 aliphatic rings. The third-order valence-electron chi connectivity index (χ3n) is 2.97. The van der Waals surface area contributed by atoms with E-state index >= 15 is 0 Å². The van der Waals surface area contributed by atoms with Crippen molar-refractivity contribution in [1.82, 2.24) is 15.2 Å². The van der Waals surface area contributed by atoms with Gasteiger partial charge < -0.3 is 0 Å². The van der Waals surface area contributed by atoms with Crippen molar-refractivity contribution in [3.63, 3.8) is 0 Å². The molecule has 1 N–H and O–H groups in total. The minimum absolute atomic E-state index is 0.267. The van der Waals surface area contributed by atoms with Gasteiger partial charge in [0.25, 0.3) is 5.56 Å². The van der Waals surface area contributed by atoms with E-state index in [9.17, 15) is 9.18 Å². The number of halogens is 2. The van der Waals surface area contributed by atoms with Crippen molar-refractivity contribution in [2.75, 3.05) is 0 Å². The molecule has 0 bridgehead atoms. The summed E-state index contributed by atoms with van der Waals surface area (Å²) in [6, 6.07) is 8.17. The highest BCUT2D eigenvalue weighted by Gasteiger charge is 2.09. The molecule has 20 heavy (non-hydrogen) atoms. The molecular weight excluding hydrogens is 325 g/mol. The third-order valence-corrected chi connectivity index (χ3v) is 3.58. The molecule has 0 unspecified atom stereocenters. The maximum atomic E-state index is 13.2. The molecule has 0 saturated heterocycles. The number of aromatic nitrogens is 3. The first-order valence-electron chi connectivity index (χ1n) is 5.91. The molecule has 3 rings (SSSR count). The van der Waals surface area contributed by atoms with Gasteiger partial charge in [0.2, 0.25) is 0 Å². The Labute approximate surface area is 121 Å². The molecule has 0 aliphatic heterocycles. The summed E-state index contributed by atoms with van der Waals surface area (Å²) in [5, 5.41) is 7.00. The Morgan fingerprint density at radius 1 is 1.30 bits per heavy atom. The Balaban J connectivity index is 2.09. The normalized spacial score (nSPS) is 10.9. The Kier molecular flexibility index (Phi) is 3.31. The van der Waals surface area contributed by atoms with Gasteiger partial charge in [-0.3, -0.25) is 9.78 Å². The van der Waals surface area contributed by atoms with Crippen molar-refractivity contribution in [3.8, 4) is 0 Å². The molecule has 4 nitrogen and oxygen atoms in total. The Hall–Kier alpha value is -2.08. The van der Waals surface area contributed by atoms with E-state index in [1.807, 2.05) is 0 Å². The number of hydrogen-bond donors (Lipinski definition) is 1. The van der Waals surface area contributed by atoms with E-state index in [2.05, 4.69) is 31.1 Å². The molecule has 6 heteroatoms. The smallest absolute Gasteiger partial charge is 0.267 e. The van der Waals surface area contributed by atoms with Gasteiger partial charge in [0.05, 0.1) is 21.1 Å². The molecule has 0 fully saturated rings. The lowest BCUT2D eigenvalue weighted by molar-refractivity contribution is 0.620. The van der Waals surface area contributed by atoms with Crippen LogP contribution >= 0.6 is 15.9 Å². The van der Waals surface area contributed by atoms with Crippen molar-refractivity contribution in [2.45, 2.75) is 6.42 Å². The van der Waals surface area contributed by atoms with Gasteiger partial charge in [-0.1, -0.05) is 6.07 Å². The van der Waals surface area contributed by atoms with E-state index in [0.29, 0.717) is 27.5 Å². The average molecular weight is 334 g/mol. The van der Waals surface area contributed by atoms with Crippen LogP contribution in [0.25, 0.3) is 10.9 Å². The van der Waals surface area contributed by atoms with Crippen LogP contribution in [0.4, 0.5) is 4.39 Å². The lowest BCUT2D eigenvalue weighted by Gasteiger charge is -2.05. The lowest BCUT2D eigenvalue weighted by atomic mass is 10.1. The van der Waals surface area contributed by atoms with E-state index in [1.54, 1.807) is 30.5 Å². The minimum Gasteiger partial charge on any atom is -0.267 e. The molecule has 2 aromatic heterocycles. The molecule has 0 radical (unpaired) electrons. The first kappa shape index (κ1) is 12.9. The van der Waals surface area contributed by atoms with Crippen molar-refractivity contribution in [2.24, 2.45) is 0 Å². The Bertz CT molecular complexity index is 847. The molecular formula is C14H9BrFN3O. The van der Waals surface area contributed by atoms with Gasteiger partial charge in [-0.25, -0.2) is 9.49 Å². The number of benzene rings is 1. The van der Waals surface area contributed by atoms with Gasteiger partial charge in [-0.15, -0.1) is 0 Å². The summed E-state index contributed by atoms with van der Waals surface area (Å²) in [5.74, 6) is -0.314. The van der Waals surface area contributed by atoms with Crippen molar-refractivity contribution in [1.29, 1.82) is 0 Å². The summed E-state index contributed by atoms with van der Waals surface area (Å²) in [6.45, 7) is 0. The Morgan fingerprint density at radius 3 is 2.95 bits per heavy atom. The highest BCUT2D eigenvalue weighted by molar-refractivity contribution is 9.10. The number of pyridine rings is 1. The largest absolute Gasteiger partial charge is 0.273 e. The second-order valence-electron chi connectivity index (χ2n) is 4.32. The third kappa shape index (κ3) is 2.34. The molecule has 3 aromatic rings. The summed E-state index contributed by atoms with van der Waals surface area (Å²) in [5.41, 5.74) is 1.83. The van der Waals surface area contributed by atoms with E-state index in [-0.39, 0.29) is 11.4 Å². The molecule has 2 heterocycles. The monoisotopic (exact) mass is 333 g/mol. The van der Waals surface area contributed by atoms with E-state index in [1.165, 1.54) is 6.07 Å². The van der Waals surface area contributed by atoms with E-state index in [4.69, 9.17) is 0 Å². The van der Waals surface area contributed by atoms with Crippen LogP contribution in [0.1, 0.15) is 11.3 Å². The molecule has 0 atom stereocenters. The van der Waals surface area contributed by atoms with Gasteiger partial charge in [-0.2, -0.15) is 5.10 Å². The van der Waals surface area contributed by atoms with Gasteiger partial charge in [0, 0.05) is 12.6 Å². The van der Waals surface area contributed by atoms with Crippen LogP contribution in [0.5, 0.6) is 0 Å². The molecule has 0 aliphatic carbocycles. The number of H-pyrrole nitrogens is 1. The Morgan fingerprint density at radius 2 is 2.15 bits per heavy atom. The average Bonchev–Trinajstić information content (AvgIpc) is 2.46. The second-order valence-corrected chi connectivity index (χ2v) is 5.18. The van der Waals surface area contributed by atoms with Crippen molar-refractivity contribution < 1.29 is 4.39 Å². The van der Waals surface area contributed by atoms with Crippen LogP contribution < -0.4 is 5.56 Å². The predicted octanol–water partition coefficient (Wildman–Crippen LogP) is 2.81. The summed E-state index contributed by atoms with van der Waals surface area (Å²) in [6.07, 6.45) is 2.08. The lowest BCUT2D eigenvalue weighted by Crippen LogP contribution is -2.12. The van der Waals surface area contributed by atoms with Crippen LogP contribution in [-0.2, 0) is 6.42 Å². The zero-order valence-corrected chi connectivity index (χ0v) is 11.8. The minimum atomic E-state index is -0.314. The fourth-order valence-electron chi connectivity index (χ4n) is 2.02. The summed E-state index contributed by atoms with van der Waals surface area (Å²) in [7, 11) is 0. The zero-order chi connectivity index (χ0) is 14.1. The van der Waals surface area contributed by atoms with Gasteiger partial charge in [0.15, 0.2) is 0 Å². The van der Waals surface area contributed by atoms with Crippen LogP contribution in [0, 0.1) is 5.82 Å². The molecule has 1 aromatic carbocycles. The second kappa shape index (κ2) is 5.13. The zero-order valence-electron chi connectivity index (χ0n) is 10.2. The van der Waals surface area contributed by atoms with Gasteiger partial charge in [0.1, 0.15) is 5.82 Å². The highest BCUT2D eigenvalue weighted by Crippen LogP contribution is 2.20. The summed E-state index contributed by atoms with van der Waals surface area (Å²) in [4.78, 5) is 15.9. The first-order chi connectivity index (χ1) is 9.65. The number of aromatic amines is 1. The maximum absolute atomic E-state index is 13.2. The van der Waals surface area contributed by atoms with Crippen LogP contribution in [0.3, 0.4) is 0 Å². The van der Waals surface area contributed by atoms with Gasteiger partial charge in [-0.05, 0) is 45.8 Å². The molecule has 0 saturated carbocycles.